The molecule has 6 nitrogen and oxygen atoms in total. The fraction of sp³-hybridized carbons (Fsp3) is 0.316. The average Bonchev–Trinajstić information content (AvgIpc) is 2.63. The van der Waals surface area contributed by atoms with Crippen molar-refractivity contribution in [2.75, 3.05) is 13.1 Å². The fourth-order valence-electron chi connectivity index (χ4n) is 2.80. The average molecular weight is 340 g/mol. The molecule has 0 bridgehead atoms. The van der Waals surface area contributed by atoms with Crippen molar-refractivity contribution in [1.82, 2.24) is 9.88 Å². The SMILES string of the molecule is CC(=O)Oc1ccc(C(=O)N2CCC(Oc3ccncc3)CC2)cc1. The van der Waals surface area contributed by atoms with E-state index in [2.05, 4.69) is 4.98 Å². The van der Waals surface area contributed by atoms with Crippen molar-refractivity contribution in [3.8, 4) is 11.5 Å². The van der Waals surface area contributed by atoms with Gasteiger partial charge in [-0.2, -0.15) is 0 Å². The summed E-state index contributed by atoms with van der Waals surface area (Å²) >= 11 is 0. The predicted molar refractivity (Wildman–Crippen MR) is 91.5 cm³/mol. The molecule has 1 saturated heterocycles. The summed E-state index contributed by atoms with van der Waals surface area (Å²) in [5.41, 5.74) is 0.587. The van der Waals surface area contributed by atoms with Crippen LogP contribution >= 0.6 is 0 Å². The first-order valence-electron chi connectivity index (χ1n) is 8.26. The van der Waals surface area contributed by atoms with Crippen LogP contribution in [0, 0.1) is 0 Å². The molecule has 6 heteroatoms. The minimum Gasteiger partial charge on any atom is -0.490 e. The third-order valence-corrected chi connectivity index (χ3v) is 4.04. The number of ether oxygens (including phenoxy) is 2. The summed E-state index contributed by atoms with van der Waals surface area (Å²) in [6.45, 7) is 2.65. The molecule has 2 aromatic rings. The highest BCUT2D eigenvalue weighted by Crippen LogP contribution is 2.20. The number of carbonyl (C=O) groups is 2. The van der Waals surface area contributed by atoms with Crippen molar-refractivity contribution < 1.29 is 19.1 Å². The van der Waals surface area contributed by atoms with Crippen LogP contribution in [0.2, 0.25) is 0 Å². The monoisotopic (exact) mass is 340 g/mol. The zero-order valence-electron chi connectivity index (χ0n) is 14.1. The molecule has 0 spiro atoms. The smallest absolute Gasteiger partial charge is 0.308 e. The first kappa shape index (κ1) is 17.0. The van der Waals surface area contributed by atoms with Crippen LogP contribution in [-0.2, 0) is 4.79 Å². The molecular formula is C19H20N2O4. The lowest BCUT2D eigenvalue weighted by Crippen LogP contribution is -2.41. The summed E-state index contributed by atoms with van der Waals surface area (Å²) in [7, 11) is 0. The van der Waals surface area contributed by atoms with Crippen molar-refractivity contribution >= 4 is 11.9 Å². The van der Waals surface area contributed by atoms with Gasteiger partial charge in [-0.15, -0.1) is 0 Å². The highest BCUT2D eigenvalue weighted by atomic mass is 16.5. The minimum atomic E-state index is -0.379. The van der Waals surface area contributed by atoms with Crippen LogP contribution in [0.25, 0.3) is 0 Å². The van der Waals surface area contributed by atoms with E-state index in [0.29, 0.717) is 24.4 Å². The van der Waals surface area contributed by atoms with Gasteiger partial charge in [-0.25, -0.2) is 0 Å². The Labute approximate surface area is 146 Å². The summed E-state index contributed by atoms with van der Waals surface area (Å²) in [6, 6.07) is 10.3. The van der Waals surface area contributed by atoms with Crippen LogP contribution in [0.3, 0.4) is 0 Å². The van der Waals surface area contributed by atoms with Gasteiger partial charge in [-0.3, -0.25) is 14.6 Å². The van der Waals surface area contributed by atoms with E-state index in [1.54, 1.807) is 36.7 Å². The minimum absolute atomic E-state index is 0.0169. The topological polar surface area (TPSA) is 68.7 Å². The second kappa shape index (κ2) is 7.79. The molecule has 25 heavy (non-hydrogen) atoms. The normalized spacial score (nSPS) is 14.8. The van der Waals surface area contributed by atoms with E-state index in [-0.39, 0.29) is 18.0 Å². The predicted octanol–water partition coefficient (Wildman–Crippen LogP) is 2.69. The lowest BCUT2D eigenvalue weighted by molar-refractivity contribution is -0.131. The van der Waals surface area contributed by atoms with E-state index >= 15 is 0 Å². The Bertz CT molecular complexity index is 723. The van der Waals surface area contributed by atoms with Gasteiger partial charge in [0.15, 0.2) is 0 Å². The Hall–Kier alpha value is -2.89. The van der Waals surface area contributed by atoms with Gasteiger partial charge in [0.25, 0.3) is 5.91 Å². The highest BCUT2D eigenvalue weighted by molar-refractivity contribution is 5.94. The summed E-state index contributed by atoms with van der Waals surface area (Å²) in [5, 5.41) is 0. The molecular weight excluding hydrogens is 320 g/mol. The maximum Gasteiger partial charge on any atom is 0.308 e. The standard InChI is InChI=1S/C19H20N2O4/c1-14(22)24-16-4-2-15(3-5-16)19(23)21-12-8-18(9-13-21)25-17-6-10-20-11-7-17/h2-7,10-11,18H,8-9,12-13H2,1H3. The maximum absolute atomic E-state index is 12.6. The van der Waals surface area contributed by atoms with E-state index < -0.39 is 0 Å². The number of esters is 1. The van der Waals surface area contributed by atoms with Gasteiger partial charge in [-0.05, 0) is 36.4 Å². The van der Waals surface area contributed by atoms with E-state index in [9.17, 15) is 9.59 Å². The Kier molecular flexibility index (Phi) is 5.28. The Morgan fingerprint density at radius 2 is 1.64 bits per heavy atom. The van der Waals surface area contributed by atoms with E-state index in [0.717, 1.165) is 18.6 Å². The molecule has 1 aliphatic heterocycles. The molecule has 1 fully saturated rings. The van der Waals surface area contributed by atoms with Gasteiger partial charge in [-0.1, -0.05) is 0 Å². The number of amides is 1. The van der Waals surface area contributed by atoms with Crippen LogP contribution < -0.4 is 9.47 Å². The van der Waals surface area contributed by atoms with Crippen molar-refractivity contribution in [2.24, 2.45) is 0 Å². The molecule has 0 unspecified atom stereocenters. The van der Waals surface area contributed by atoms with Gasteiger partial charge in [0.1, 0.15) is 17.6 Å². The van der Waals surface area contributed by atoms with Crippen molar-refractivity contribution in [2.45, 2.75) is 25.9 Å². The molecule has 0 aliphatic carbocycles. The quantitative estimate of drug-likeness (QED) is 0.632. The number of hydrogen-bond donors (Lipinski definition) is 0. The summed E-state index contributed by atoms with van der Waals surface area (Å²) < 4.78 is 10.9. The van der Waals surface area contributed by atoms with Gasteiger partial charge in [0, 0.05) is 50.8 Å². The van der Waals surface area contributed by atoms with E-state index in [4.69, 9.17) is 9.47 Å². The molecule has 1 aromatic carbocycles. The molecule has 0 atom stereocenters. The Morgan fingerprint density at radius 3 is 2.24 bits per heavy atom. The number of aromatic nitrogens is 1. The highest BCUT2D eigenvalue weighted by Gasteiger charge is 2.24. The lowest BCUT2D eigenvalue weighted by atomic mass is 10.1. The fourth-order valence-corrected chi connectivity index (χ4v) is 2.80. The van der Waals surface area contributed by atoms with Crippen LogP contribution in [0.4, 0.5) is 0 Å². The largest absolute Gasteiger partial charge is 0.490 e. The number of hydrogen-bond acceptors (Lipinski definition) is 5. The Balaban J connectivity index is 1.53. The number of rotatable bonds is 4. The number of likely N-dealkylation sites (tertiary alicyclic amines) is 1. The van der Waals surface area contributed by atoms with Gasteiger partial charge in [0.2, 0.25) is 0 Å². The number of pyridine rings is 1. The van der Waals surface area contributed by atoms with Gasteiger partial charge in [0.05, 0.1) is 0 Å². The molecule has 0 radical (unpaired) electrons. The first-order chi connectivity index (χ1) is 12.1. The van der Waals surface area contributed by atoms with Crippen molar-refractivity contribution in [3.05, 3.63) is 54.4 Å². The van der Waals surface area contributed by atoms with Crippen molar-refractivity contribution in [1.29, 1.82) is 0 Å². The van der Waals surface area contributed by atoms with E-state index in [1.165, 1.54) is 6.92 Å². The molecule has 3 rings (SSSR count). The molecule has 1 aliphatic rings. The van der Waals surface area contributed by atoms with Crippen LogP contribution in [0.15, 0.2) is 48.8 Å². The number of carbonyl (C=O) groups excluding carboxylic acids is 2. The summed E-state index contributed by atoms with van der Waals surface area (Å²) in [5.74, 6) is 0.849. The molecule has 1 amide bonds. The van der Waals surface area contributed by atoms with Crippen LogP contribution in [0.5, 0.6) is 11.5 Å². The molecule has 0 saturated carbocycles. The first-order valence-corrected chi connectivity index (χ1v) is 8.26. The van der Waals surface area contributed by atoms with Crippen molar-refractivity contribution in [3.63, 3.8) is 0 Å². The molecule has 0 N–H and O–H groups in total. The lowest BCUT2D eigenvalue weighted by Gasteiger charge is -2.32. The number of benzene rings is 1. The van der Waals surface area contributed by atoms with E-state index in [1.807, 2.05) is 17.0 Å². The molecule has 1 aromatic heterocycles. The molecule has 2 heterocycles. The number of nitrogens with zero attached hydrogens (tertiary/aromatic N) is 2. The third kappa shape index (κ3) is 4.56. The second-order valence-corrected chi connectivity index (χ2v) is 5.91. The Morgan fingerprint density at radius 1 is 1.00 bits per heavy atom. The van der Waals surface area contributed by atoms with Crippen LogP contribution in [-0.4, -0.2) is 41.0 Å². The third-order valence-electron chi connectivity index (χ3n) is 4.04. The zero-order valence-corrected chi connectivity index (χ0v) is 14.1. The molecule has 130 valence electrons. The van der Waals surface area contributed by atoms with Gasteiger partial charge < -0.3 is 14.4 Å². The zero-order chi connectivity index (χ0) is 17.6. The number of piperidine rings is 1. The second-order valence-electron chi connectivity index (χ2n) is 5.91. The maximum atomic E-state index is 12.6. The summed E-state index contributed by atoms with van der Waals surface area (Å²) in [4.78, 5) is 29.3. The summed E-state index contributed by atoms with van der Waals surface area (Å²) in [6.07, 6.45) is 5.10. The van der Waals surface area contributed by atoms with Crippen LogP contribution in [0.1, 0.15) is 30.1 Å². The van der Waals surface area contributed by atoms with Gasteiger partial charge >= 0.3 is 5.97 Å².